The third-order valence-corrected chi connectivity index (χ3v) is 8.99. The zero-order chi connectivity index (χ0) is 20.0. The fourth-order valence-corrected chi connectivity index (χ4v) is 7.43. The van der Waals surface area contributed by atoms with Crippen LogP contribution in [-0.2, 0) is 10.2 Å². The van der Waals surface area contributed by atoms with E-state index in [1.165, 1.54) is 51.4 Å². The van der Waals surface area contributed by atoms with Gasteiger partial charge in [-0.05, 0) is 79.1 Å². The SMILES string of the molecule is C[C@@]12CCC[C@@](c3ccccc3)(CC(CCC(=O)N3CCC4(CC3)CNC4)C1)C2. The van der Waals surface area contributed by atoms with Crippen LogP contribution in [0.15, 0.2) is 30.3 Å². The Morgan fingerprint density at radius 2 is 1.83 bits per heavy atom. The number of nitrogens with zero attached hydrogens (tertiary/aromatic N) is 1. The first-order valence-electron chi connectivity index (χ1n) is 12.0. The number of carbonyl (C=O) groups excluding carboxylic acids is 1. The molecule has 1 unspecified atom stereocenters. The maximum Gasteiger partial charge on any atom is 0.222 e. The fourth-order valence-electron chi connectivity index (χ4n) is 7.43. The van der Waals surface area contributed by atoms with Gasteiger partial charge < -0.3 is 10.2 Å². The average Bonchev–Trinajstić information content (AvgIpc) is 2.71. The molecule has 4 aliphatic rings. The summed E-state index contributed by atoms with van der Waals surface area (Å²) in [5, 5.41) is 3.42. The van der Waals surface area contributed by atoms with E-state index < -0.39 is 0 Å². The lowest BCUT2D eigenvalue weighted by Crippen LogP contribution is -2.58. The Kier molecular flexibility index (Phi) is 5.01. The molecule has 3 heteroatoms. The van der Waals surface area contributed by atoms with Gasteiger partial charge in [0.05, 0.1) is 0 Å². The monoisotopic (exact) mass is 394 g/mol. The van der Waals surface area contributed by atoms with Gasteiger partial charge in [0.15, 0.2) is 0 Å². The number of fused-ring (bicyclic) bond motifs is 2. The highest BCUT2D eigenvalue weighted by Crippen LogP contribution is 2.58. The van der Waals surface area contributed by atoms with Gasteiger partial charge in [0.2, 0.25) is 5.91 Å². The summed E-state index contributed by atoms with van der Waals surface area (Å²) in [6.07, 6.45) is 12.3. The van der Waals surface area contributed by atoms with Crippen LogP contribution >= 0.6 is 0 Å². The predicted molar refractivity (Wildman–Crippen MR) is 118 cm³/mol. The summed E-state index contributed by atoms with van der Waals surface area (Å²) in [5.41, 5.74) is 2.90. The van der Waals surface area contributed by atoms with Gasteiger partial charge in [-0.3, -0.25) is 4.79 Å². The van der Waals surface area contributed by atoms with Gasteiger partial charge in [-0.15, -0.1) is 0 Å². The highest BCUT2D eigenvalue weighted by Gasteiger charge is 2.49. The summed E-state index contributed by atoms with van der Waals surface area (Å²) < 4.78 is 0. The Balaban J connectivity index is 1.22. The summed E-state index contributed by atoms with van der Waals surface area (Å²) in [7, 11) is 0. The van der Waals surface area contributed by atoms with Gasteiger partial charge in [-0.1, -0.05) is 43.7 Å². The molecular weight excluding hydrogens is 356 g/mol. The minimum absolute atomic E-state index is 0.356. The molecule has 2 aliphatic carbocycles. The van der Waals surface area contributed by atoms with Crippen LogP contribution in [0.3, 0.4) is 0 Å². The van der Waals surface area contributed by atoms with Gasteiger partial charge in [0, 0.05) is 32.6 Å². The van der Waals surface area contributed by atoms with Crippen molar-refractivity contribution in [2.24, 2.45) is 16.7 Å². The molecule has 2 heterocycles. The summed E-state index contributed by atoms with van der Waals surface area (Å²) in [4.78, 5) is 15.1. The molecule has 2 saturated heterocycles. The molecule has 3 nitrogen and oxygen atoms in total. The zero-order valence-corrected chi connectivity index (χ0v) is 18.2. The molecule has 29 heavy (non-hydrogen) atoms. The second kappa shape index (κ2) is 7.41. The van der Waals surface area contributed by atoms with Crippen molar-refractivity contribution in [1.82, 2.24) is 10.2 Å². The molecule has 2 aliphatic heterocycles. The van der Waals surface area contributed by atoms with Crippen molar-refractivity contribution >= 4 is 5.91 Å². The van der Waals surface area contributed by atoms with Gasteiger partial charge in [0.25, 0.3) is 0 Å². The molecule has 1 aromatic rings. The number of carbonyl (C=O) groups is 1. The lowest BCUT2D eigenvalue weighted by Gasteiger charge is -2.54. The van der Waals surface area contributed by atoms with Gasteiger partial charge in [0.1, 0.15) is 0 Å². The lowest BCUT2D eigenvalue weighted by atomic mass is 9.50. The number of hydrogen-bond acceptors (Lipinski definition) is 2. The number of rotatable bonds is 4. The average molecular weight is 395 g/mol. The zero-order valence-electron chi connectivity index (χ0n) is 18.2. The minimum atomic E-state index is 0.356. The van der Waals surface area contributed by atoms with E-state index in [-0.39, 0.29) is 0 Å². The number of hydrogen-bond donors (Lipinski definition) is 1. The fraction of sp³-hybridized carbons (Fsp3) is 0.731. The second-order valence-corrected chi connectivity index (χ2v) is 11.3. The number of piperidine rings is 1. The number of nitrogens with one attached hydrogen (secondary N) is 1. The summed E-state index contributed by atoms with van der Waals surface area (Å²) in [6, 6.07) is 11.3. The van der Waals surface area contributed by atoms with Crippen LogP contribution in [0.25, 0.3) is 0 Å². The van der Waals surface area contributed by atoms with E-state index in [9.17, 15) is 4.79 Å². The minimum Gasteiger partial charge on any atom is -0.343 e. The number of amides is 1. The van der Waals surface area contributed by atoms with Crippen molar-refractivity contribution in [3.05, 3.63) is 35.9 Å². The van der Waals surface area contributed by atoms with Gasteiger partial charge in [-0.2, -0.15) is 0 Å². The highest BCUT2D eigenvalue weighted by molar-refractivity contribution is 5.76. The lowest BCUT2D eigenvalue weighted by molar-refractivity contribution is -0.134. The molecule has 1 spiro atoms. The molecule has 2 bridgehead atoms. The molecule has 158 valence electrons. The summed E-state index contributed by atoms with van der Waals surface area (Å²) >= 11 is 0. The van der Waals surface area contributed by atoms with E-state index in [1.54, 1.807) is 5.56 Å². The van der Waals surface area contributed by atoms with Crippen LogP contribution in [0.2, 0.25) is 0 Å². The van der Waals surface area contributed by atoms with Crippen LogP contribution in [0, 0.1) is 16.7 Å². The molecule has 2 saturated carbocycles. The van der Waals surface area contributed by atoms with E-state index in [1.807, 2.05) is 0 Å². The molecule has 0 radical (unpaired) electrons. The summed E-state index contributed by atoms with van der Waals surface area (Å²) in [5.74, 6) is 1.12. The first-order valence-corrected chi connectivity index (χ1v) is 12.0. The van der Waals surface area contributed by atoms with Crippen LogP contribution in [0.4, 0.5) is 0 Å². The van der Waals surface area contributed by atoms with E-state index in [0.717, 1.165) is 39.0 Å². The molecular formula is C26H38N2O. The van der Waals surface area contributed by atoms with Crippen molar-refractivity contribution in [2.45, 2.75) is 76.5 Å². The first kappa shape index (κ1) is 19.6. The van der Waals surface area contributed by atoms with E-state index in [4.69, 9.17) is 0 Å². The van der Waals surface area contributed by atoms with Crippen LogP contribution in [-0.4, -0.2) is 37.0 Å². The van der Waals surface area contributed by atoms with Crippen LogP contribution < -0.4 is 5.32 Å². The van der Waals surface area contributed by atoms with Crippen molar-refractivity contribution in [2.75, 3.05) is 26.2 Å². The highest BCUT2D eigenvalue weighted by atomic mass is 16.2. The maximum atomic E-state index is 12.9. The van der Waals surface area contributed by atoms with Crippen LogP contribution in [0.5, 0.6) is 0 Å². The Labute approximate surface area is 176 Å². The third-order valence-electron chi connectivity index (χ3n) is 8.99. The number of benzene rings is 1. The Hall–Kier alpha value is -1.35. The largest absolute Gasteiger partial charge is 0.343 e. The predicted octanol–water partition coefficient (Wildman–Crippen LogP) is 4.91. The van der Waals surface area contributed by atoms with Crippen molar-refractivity contribution in [3.8, 4) is 0 Å². The van der Waals surface area contributed by atoms with Crippen molar-refractivity contribution < 1.29 is 4.79 Å². The van der Waals surface area contributed by atoms with E-state index in [0.29, 0.717) is 28.1 Å². The van der Waals surface area contributed by atoms with Crippen molar-refractivity contribution in [3.63, 3.8) is 0 Å². The topological polar surface area (TPSA) is 32.3 Å². The molecule has 3 atom stereocenters. The van der Waals surface area contributed by atoms with Crippen LogP contribution in [0.1, 0.15) is 76.7 Å². The number of likely N-dealkylation sites (tertiary alicyclic amines) is 1. The first-order chi connectivity index (χ1) is 14.0. The second-order valence-electron chi connectivity index (χ2n) is 11.3. The van der Waals surface area contributed by atoms with E-state index >= 15 is 0 Å². The van der Waals surface area contributed by atoms with Gasteiger partial charge >= 0.3 is 0 Å². The van der Waals surface area contributed by atoms with Gasteiger partial charge in [-0.25, -0.2) is 0 Å². The smallest absolute Gasteiger partial charge is 0.222 e. The normalized spacial score (nSPS) is 35.9. The van der Waals surface area contributed by atoms with E-state index in [2.05, 4.69) is 47.5 Å². The Morgan fingerprint density at radius 3 is 2.52 bits per heavy atom. The molecule has 0 aromatic heterocycles. The Morgan fingerprint density at radius 1 is 1.07 bits per heavy atom. The molecule has 1 aromatic carbocycles. The summed E-state index contributed by atoms with van der Waals surface area (Å²) in [6.45, 7) is 6.82. The standard InChI is InChI=1S/C26H38N2O/c1-24-10-5-11-26(18-24,22-6-3-2-4-7-22)17-21(16-24)8-9-23(29)28-14-12-25(13-15-28)19-27-20-25/h2-4,6-7,21,27H,5,8-20H2,1H3/t21?,24-,26-/m1/s1. The molecule has 4 fully saturated rings. The molecule has 5 rings (SSSR count). The molecule has 1 N–H and O–H groups in total. The third kappa shape index (κ3) is 3.76. The van der Waals surface area contributed by atoms with Crippen molar-refractivity contribution in [1.29, 1.82) is 0 Å². The maximum absolute atomic E-state index is 12.9. The Bertz CT molecular complexity index is 732. The molecule has 1 amide bonds. The quantitative estimate of drug-likeness (QED) is 0.787.